The average molecular weight is 296 g/mol. The van der Waals surface area contributed by atoms with E-state index in [0.717, 1.165) is 12.0 Å². The van der Waals surface area contributed by atoms with Crippen LogP contribution in [0.1, 0.15) is 38.8 Å². The van der Waals surface area contributed by atoms with Crippen LogP contribution in [0.15, 0.2) is 18.2 Å². The van der Waals surface area contributed by atoms with Crippen molar-refractivity contribution in [3.63, 3.8) is 0 Å². The van der Waals surface area contributed by atoms with Crippen LogP contribution in [-0.2, 0) is 4.79 Å². The van der Waals surface area contributed by atoms with Gasteiger partial charge in [-0.3, -0.25) is 4.79 Å². The number of carbonyl (C=O) groups is 1. The van der Waals surface area contributed by atoms with Gasteiger partial charge >= 0.3 is 0 Å². The third-order valence-corrected chi connectivity index (χ3v) is 3.28. The summed E-state index contributed by atoms with van der Waals surface area (Å²) in [5.41, 5.74) is 0.828. The molecule has 4 nitrogen and oxygen atoms in total. The second kappa shape index (κ2) is 8.62. The third-order valence-electron chi connectivity index (χ3n) is 3.28. The Morgan fingerprint density at radius 1 is 1.33 bits per heavy atom. The summed E-state index contributed by atoms with van der Waals surface area (Å²) in [6.45, 7) is 6.66. The van der Waals surface area contributed by atoms with Gasteiger partial charge in [0.1, 0.15) is 11.6 Å². The lowest BCUT2D eigenvalue weighted by atomic mass is 10.1. The van der Waals surface area contributed by atoms with Gasteiger partial charge in [-0.05, 0) is 32.4 Å². The first-order chi connectivity index (χ1) is 9.93. The molecule has 118 valence electrons. The zero-order valence-corrected chi connectivity index (χ0v) is 13.2. The van der Waals surface area contributed by atoms with Crippen LogP contribution in [0, 0.1) is 11.7 Å². The highest BCUT2D eigenvalue weighted by atomic mass is 19.1. The van der Waals surface area contributed by atoms with E-state index in [1.807, 2.05) is 14.0 Å². The van der Waals surface area contributed by atoms with Gasteiger partial charge in [-0.2, -0.15) is 0 Å². The average Bonchev–Trinajstić information content (AvgIpc) is 2.44. The maximum Gasteiger partial charge on any atom is 0.257 e. The highest BCUT2D eigenvalue weighted by Gasteiger charge is 2.12. The number of halogens is 1. The Bertz CT molecular complexity index is 464. The summed E-state index contributed by atoms with van der Waals surface area (Å²) < 4.78 is 18.8. The Morgan fingerprint density at radius 3 is 2.67 bits per heavy atom. The molecule has 0 heterocycles. The molecular formula is C16H25FN2O2. The van der Waals surface area contributed by atoms with E-state index >= 15 is 0 Å². The molecule has 1 atom stereocenters. The van der Waals surface area contributed by atoms with E-state index in [-0.39, 0.29) is 24.4 Å². The lowest BCUT2D eigenvalue weighted by Gasteiger charge is -2.16. The zero-order chi connectivity index (χ0) is 15.8. The highest BCUT2D eigenvalue weighted by molar-refractivity contribution is 5.77. The smallest absolute Gasteiger partial charge is 0.257 e. The molecule has 0 fully saturated rings. The maximum atomic E-state index is 13.3. The van der Waals surface area contributed by atoms with Crippen LogP contribution in [0.25, 0.3) is 0 Å². The van der Waals surface area contributed by atoms with Crippen LogP contribution in [-0.4, -0.2) is 26.1 Å². The maximum absolute atomic E-state index is 13.3. The van der Waals surface area contributed by atoms with E-state index in [1.54, 1.807) is 6.07 Å². The monoisotopic (exact) mass is 296 g/mol. The summed E-state index contributed by atoms with van der Waals surface area (Å²) in [5, 5.41) is 5.86. The van der Waals surface area contributed by atoms with E-state index in [2.05, 4.69) is 24.5 Å². The Morgan fingerprint density at radius 2 is 2.05 bits per heavy atom. The standard InChI is InChI=1S/C16H25FN2O2/c1-11(2)7-8-19-16(20)10-21-15-9-13(17)5-6-14(15)12(3)18-4/h5-6,9,11-12,18H,7-8,10H2,1-4H3,(H,19,20). The number of amides is 1. The first-order valence-electron chi connectivity index (χ1n) is 7.30. The SMILES string of the molecule is CNC(C)c1ccc(F)cc1OCC(=O)NCCC(C)C. The van der Waals surface area contributed by atoms with Gasteiger partial charge in [-0.15, -0.1) is 0 Å². The Labute approximate surface area is 126 Å². The van der Waals surface area contributed by atoms with E-state index in [9.17, 15) is 9.18 Å². The first kappa shape index (κ1) is 17.4. The molecule has 1 amide bonds. The van der Waals surface area contributed by atoms with Crippen molar-refractivity contribution in [3.8, 4) is 5.75 Å². The number of benzene rings is 1. The van der Waals surface area contributed by atoms with Gasteiger partial charge in [0, 0.05) is 24.2 Å². The lowest BCUT2D eigenvalue weighted by Crippen LogP contribution is -2.30. The van der Waals surface area contributed by atoms with Gasteiger partial charge in [0.15, 0.2) is 6.61 Å². The summed E-state index contributed by atoms with van der Waals surface area (Å²) in [4.78, 5) is 11.7. The van der Waals surface area contributed by atoms with E-state index in [0.29, 0.717) is 18.2 Å². The van der Waals surface area contributed by atoms with Crippen molar-refractivity contribution in [3.05, 3.63) is 29.6 Å². The number of ether oxygens (including phenoxy) is 1. The molecule has 0 aliphatic heterocycles. The minimum Gasteiger partial charge on any atom is -0.483 e. The molecular weight excluding hydrogens is 271 g/mol. The molecule has 0 bridgehead atoms. The molecule has 5 heteroatoms. The van der Waals surface area contributed by atoms with Gasteiger partial charge < -0.3 is 15.4 Å². The summed E-state index contributed by atoms with van der Waals surface area (Å²) in [5.74, 6) is 0.369. The Balaban J connectivity index is 2.57. The molecule has 1 aromatic carbocycles. The second-order valence-electron chi connectivity index (χ2n) is 5.51. The molecule has 21 heavy (non-hydrogen) atoms. The number of rotatable bonds is 8. The predicted molar refractivity (Wildman–Crippen MR) is 81.8 cm³/mol. The molecule has 0 aliphatic carbocycles. The number of hydrogen-bond donors (Lipinski definition) is 2. The highest BCUT2D eigenvalue weighted by Crippen LogP contribution is 2.25. The van der Waals surface area contributed by atoms with Gasteiger partial charge in [0.25, 0.3) is 5.91 Å². The number of hydrogen-bond acceptors (Lipinski definition) is 3. The van der Waals surface area contributed by atoms with Crippen molar-refractivity contribution < 1.29 is 13.9 Å². The normalized spacial score (nSPS) is 12.3. The molecule has 0 radical (unpaired) electrons. The predicted octanol–water partition coefficient (Wildman–Crippen LogP) is 2.65. The van der Waals surface area contributed by atoms with E-state index in [1.165, 1.54) is 12.1 Å². The minimum absolute atomic E-state index is 0.0182. The van der Waals surface area contributed by atoms with Crippen LogP contribution in [0.2, 0.25) is 0 Å². The first-order valence-corrected chi connectivity index (χ1v) is 7.30. The largest absolute Gasteiger partial charge is 0.483 e. The van der Waals surface area contributed by atoms with E-state index < -0.39 is 0 Å². The van der Waals surface area contributed by atoms with Crippen LogP contribution in [0.5, 0.6) is 5.75 Å². The molecule has 1 unspecified atom stereocenters. The fourth-order valence-corrected chi connectivity index (χ4v) is 1.84. The summed E-state index contributed by atoms with van der Waals surface area (Å²) in [6, 6.07) is 4.39. The van der Waals surface area contributed by atoms with Crippen LogP contribution in [0.4, 0.5) is 4.39 Å². The molecule has 0 spiro atoms. The second-order valence-corrected chi connectivity index (χ2v) is 5.51. The summed E-state index contributed by atoms with van der Waals surface area (Å²) >= 11 is 0. The van der Waals surface area contributed by atoms with Crippen molar-refractivity contribution in [1.29, 1.82) is 0 Å². The molecule has 1 aromatic rings. The zero-order valence-electron chi connectivity index (χ0n) is 13.2. The van der Waals surface area contributed by atoms with Gasteiger partial charge in [-0.25, -0.2) is 4.39 Å². The number of nitrogens with one attached hydrogen (secondary N) is 2. The lowest BCUT2D eigenvalue weighted by molar-refractivity contribution is -0.123. The number of carbonyl (C=O) groups excluding carboxylic acids is 1. The van der Waals surface area contributed by atoms with Crippen LogP contribution < -0.4 is 15.4 Å². The molecule has 2 N–H and O–H groups in total. The fraction of sp³-hybridized carbons (Fsp3) is 0.562. The van der Waals surface area contributed by atoms with Crippen molar-refractivity contribution >= 4 is 5.91 Å². The minimum atomic E-state index is -0.378. The van der Waals surface area contributed by atoms with Gasteiger partial charge in [-0.1, -0.05) is 19.9 Å². The molecule has 0 saturated heterocycles. The van der Waals surface area contributed by atoms with Gasteiger partial charge in [0.05, 0.1) is 0 Å². The topological polar surface area (TPSA) is 50.4 Å². The van der Waals surface area contributed by atoms with Gasteiger partial charge in [0.2, 0.25) is 0 Å². The molecule has 1 rings (SSSR count). The summed E-state index contributed by atoms with van der Waals surface area (Å²) in [6.07, 6.45) is 0.924. The molecule has 0 saturated carbocycles. The van der Waals surface area contributed by atoms with Crippen LogP contribution in [0.3, 0.4) is 0 Å². The van der Waals surface area contributed by atoms with Crippen LogP contribution >= 0.6 is 0 Å². The quantitative estimate of drug-likeness (QED) is 0.775. The molecule has 0 aliphatic rings. The molecule has 0 aromatic heterocycles. The van der Waals surface area contributed by atoms with Crippen molar-refractivity contribution in [2.45, 2.75) is 33.2 Å². The van der Waals surface area contributed by atoms with Crippen molar-refractivity contribution in [2.75, 3.05) is 20.2 Å². The summed E-state index contributed by atoms with van der Waals surface area (Å²) in [7, 11) is 1.82. The Hall–Kier alpha value is -1.62. The third kappa shape index (κ3) is 6.12. The van der Waals surface area contributed by atoms with Crippen molar-refractivity contribution in [2.24, 2.45) is 5.92 Å². The Kier molecular flexibility index (Phi) is 7.15. The van der Waals surface area contributed by atoms with Crippen molar-refractivity contribution in [1.82, 2.24) is 10.6 Å². The van der Waals surface area contributed by atoms with E-state index in [4.69, 9.17) is 4.74 Å². The fourth-order valence-electron chi connectivity index (χ4n) is 1.84.